The highest BCUT2D eigenvalue weighted by atomic mass is 16.5. The van der Waals surface area contributed by atoms with Gasteiger partial charge in [0, 0.05) is 17.8 Å². The van der Waals surface area contributed by atoms with E-state index in [0.717, 1.165) is 18.4 Å². The van der Waals surface area contributed by atoms with E-state index in [1.165, 1.54) is 5.56 Å². The highest BCUT2D eigenvalue weighted by Crippen LogP contribution is 2.17. The molecule has 3 heteroatoms. The normalized spacial score (nSPS) is 10.8. The van der Waals surface area contributed by atoms with Gasteiger partial charge < -0.3 is 10.1 Å². The lowest BCUT2D eigenvalue weighted by atomic mass is 10.1. The lowest BCUT2D eigenvalue weighted by molar-refractivity contribution is -0.112. The minimum atomic E-state index is -0.144. The molecule has 0 aliphatic carbocycles. The number of allylic oxidation sites excluding steroid dienone is 1. The van der Waals surface area contributed by atoms with Gasteiger partial charge in [-0.15, -0.1) is 6.42 Å². The van der Waals surface area contributed by atoms with Crippen molar-refractivity contribution in [2.45, 2.75) is 19.8 Å². The number of aryl methyl sites for hydroxylation is 1. The Labute approximate surface area is 143 Å². The summed E-state index contributed by atoms with van der Waals surface area (Å²) in [6, 6.07) is 17.4. The molecule has 2 rings (SSSR count). The van der Waals surface area contributed by atoms with Crippen molar-refractivity contribution in [2.75, 3.05) is 11.9 Å². The topological polar surface area (TPSA) is 38.3 Å². The third-order valence-electron chi connectivity index (χ3n) is 3.45. The first-order chi connectivity index (χ1) is 11.7. The van der Waals surface area contributed by atoms with Gasteiger partial charge in [-0.05, 0) is 37.5 Å². The number of amides is 1. The van der Waals surface area contributed by atoms with E-state index in [4.69, 9.17) is 11.2 Å². The quantitative estimate of drug-likeness (QED) is 0.613. The first-order valence-corrected chi connectivity index (χ1v) is 7.86. The number of carbonyl (C=O) groups is 1. The van der Waals surface area contributed by atoms with E-state index in [9.17, 15) is 4.79 Å². The molecule has 0 heterocycles. The van der Waals surface area contributed by atoms with E-state index >= 15 is 0 Å². The summed E-state index contributed by atoms with van der Waals surface area (Å²) >= 11 is 0. The SMILES string of the molecule is C#CCOc1cccc(NC(=O)C=C(C)CCc2ccccc2)c1. The molecule has 0 radical (unpaired) electrons. The highest BCUT2D eigenvalue weighted by Gasteiger charge is 2.02. The maximum absolute atomic E-state index is 12.1. The number of benzene rings is 2. The van der Waals surface area contributed by atoms with Crippen molar-refractivity contribution >= 4 is 11.6 Å². The van der Waals surface area contributed by atoms with Gasteiger partial charge >= 0.3 is 0 Å². The number of anilines is 1. The van der Waals surface area contributed by atoms with Gasteiger partial charge in [0.25, 0.3) is 0 Å². The van der Waals surface area contributed by atoms with Gasteiger partial charge in [0.1, 0.15) is 12.4 Å². The molecular weight excluding hydrogens is 298 g/mol. The summed E-state index contributed by atoms with van der Waals surface area (Å²) in [5.74, 6) is 2.90. The van der Waals surface area contributed by atoms with Crippen LogP contribution in [0.1, 0.15) is 18.9 Å². The lowest BCUT2D eigenvalue weighted by Crippen LogP contribution is -2.09. The zero-order valence-electron chi connectivity index (χ0n) is 13.8. The fraction of sp³-hybridized carbons (Fsp3) is 0.190. The Bertz CT molecular complexity index is 742. The Morgan fingerprint density at radius 3 is 2.75 bits per heavy atom. The Morgan fingerprint density at radius 2 is 2.00 bits per heavy atom. The minimum Gasteiger partial charge on any atom is -0.481 e. The zero-order valence-corrected chi connectivity index (χ0v) is 13.8. The molecule has 0 aliphatic rings. The van der Waals surface area contributed by atoms with E-state index in [0.29, 0.717) is 11.4 Å². The number of hydrogen-bond donors (Lipinski definition) is 1. The van der Waals surface area contributed by atoms with Crippen molar-refractivity contribution in [2.24, 2.45) is 0 Å². The van der Waals surface area contributed by atoms with Crippen LogP contribution in [0.2, 0.25) is 0 Å². The molecular formula is C21H21NO2. The maximum Gasteiger partial charge on any atom is 0.248 e. The summed E-state index contributed by atoms with van der Waals surface area (Å²) in [6.45, 7) is 2.17. The molecule has 1 amide bonds. The van der Waals surface area contributed by atoms with Gasteiger partial charge in [-0.1, -0.05) is 47.9 Å². The molecule has 2 aromatic carbocycles. The predicted octanol–water partition coefficient (Wildman–Crippen LogP) is 4.22. The van der Waals surface area contributed by atoms with Crippen molar-refractivity contribution in [3.8, 4) is 18.1 Å². The van der Waals surface area contributed by atoms with Crippen LogP contribution in [0.4, 0.5) is 5.69 Å². The molecule has 3 nitrogen and oxygen atoms in total. The number of ether oxygens (including phenoxy) is 1. The Morgan fingerprint density at radius 1 is 1.21 bits per heavy atom. The zero-order chi connectivity index (χ0) is 17.2. The average molecular weight is 319 g/mol. The molecule has 0 bridgehead atoms. The second-order valence-electron chi connectivity index (χ2n) is 5.49. The highest BCUT2D eigenvalue weighted by molar-refractivity contribution is 5.99. The number of carbonyl (C=O) groups excluding carboxylic acids is 1. The fourth-order valence-corrected chi connectivity index (χ4v) is 2.25. The third-order valence-corrected chi connectivity index (χ3v) is 3.45. The summed E-state index contributed by atoms with van der Waals surface area (Å²) in [5.41, 5.74) is 2.99. The molecule has 2 aromatic rings. The Hall–Kier alpha value is -2.99. The number of hydrogen-bond acceptors (Lipinski definition) is 2. The number of nitrogens with one attached hydrogen (secondary N) is 1. The molecule has 0 unspecified atom stereocenters. The van der Waals surface area contributed by atoms with Crippen molar-refractivity contribution in [1.29, 1.82) is 0 Å². The number of rotatable bonds is 7. The molecule has 0 spiro atoms. The molecule has 0 saturated heterocycles. The average Bonchev–Trinajstić information content (AvgIpc) is 2.59. The maximum atomic E-state index is 12.1. The molecule has 0 saturated carbocycles. The van der Waals surface area contributed by atoms with E-state index < -0.39 is 0 Å². The lowest BCUT2D eigenvalue weighted by Gasteiger charge is -2.07. The van der Waals surface area contributed by atoms with Crippen LogP contribution in [0.5, 0.6) is 5.75 Å². The smallest absolute Gasteiger partial charge is 0.248 e. The van der Waals surface area contributed by atoms with Crippen LogP contribution in [0.3, 0.4) is 0 Å². The minimum absolute atomic E-state index is 0.144. The summed E-state index contributed by atoms with van der Waals surface area (Å²) in [6.07, 6.45) is 8.58. The van der Waals surface area contributed by atoms with Crippen LogP contribution >= 0.6 is 0 Å². The van der Waals surface area contributed by atoms with Gasteiger partial charge in [0.15, 0.2) is 0 Å². The Balaban J connectivity index is 1.88. The van der Waals surface area contributed by atoms with Gasteiger partial charge in [0.2, 0.25) is 5.91 Å². The van der Waals surface area contributed by atoms with Crippen molar-refractivity contribution in [3.05, 3.63) is 71.8 Å². The van der Waals surface area contributed by atoms with Crippen LogP contribution in [-0.4, -0.2) is 12.5 Å². The van der Waals surface area contributed by atoms with Crippen molar-refractivity contribution in [3.63, 3.8) is 0 Å². The van der Waals surface area contributed by atoms with Crippen molar-refractivity contribution in [1.82, 2.24) is 0 Å². The molecule has 122 valence electrons. The predicted molar refractivity (Wildman–Crippen MR) is 97.9 cm³/mol. The fourth-order valence-electron chi connectivity index (χ4n) is 2.25. The first kappa shape index (κ1) is 17.4. The molecule has 24 heavy (non-hydrogen) atoms. The standard InChI is InChI=1S/C21H21NO2/c1-3-14-24-20-11-7-10-19(16-20)22-21(23)15-17(2)12-13-18-8-5-4-6-9-18/h1,4-11,15-16H,12-14H2,2H3,(H,22,23). The Kier molecular flexibility index (Phi) is 6.67. The first-order valence-electron chi connectivity index (χ1n) is 7.86. The van der Waals surface area contributed by atoms with E-state index in [1.54, 1.807) is 18.2 Å². The van der Waals surface area contributed by atoms with Gasteiger partial charge in [-0.2, -0.15) is 0 Å². The second-order valence-corrected chi connectivity index (χ2v) is 5.49. The van der Waals surface area contributed by atoms with Crippen LogP contribution < -0.4 is 10.1 Å². The van der Waals surface area contributed by atoms with Crippen LogP contribution in [-0.2, 0) is 11.2 Å². The van der Waals surface area contributed by atoms with E-state index in [1.807, 2.05) is 37.3 Å². The van der Waals surface area contributed by atoms with Gasteiger partial charge in [-0.25, -0.2) is 0 Å². The molecule has 0 fully saturated rings. The second kappa shape index (κ2) is 9.22. The van der Waals surface area contributed by atoms with Crippen molar-refractivity contribution < 1.29 is 9.53 Å². The summed E-state index contributed by atoms with van der Waals surface area (Å²) in [5, 5.41) is 2.84. The molecule has 0 atom stereocenters. The summed E-state index contributed by atoms with van der Waals surface area (Å²) in [4.78, 5) is 12.1. The van der Waals surface area contributed by atoms with Gasteiger partial charge in [-0.3, -0.25) is 4.79 Å². The van der Waals surface area contributed by atoms with Crippen LogP contribution in [0.15, 0.2) is 66.2 Å². The van der Waals surface area contributed by atoms with Crippen LogP contribution in [0, 0.1) is 12.3 Å². The monoisotopic (exact) mass is 319 g/mol. The molecule has 1 N–H and O–H groups in total. The summed E-state index contributed by atoms with van der Waals surface area (Å²) in [7, 11) is 0. The molecule has 0 aromatic heterocycles. The van der Waals surface area contributed by atoms with E-state index in [2.05, 4.69) is 23.4 Å². The molecule has 0 aliphatic heterocycles. The largest absolute Gasteiger partial charge is 0.481 e. The van der Waals surface area contributed by atoms with Gasteiger partial charge in [0.05, 0.1) is 0 Å². The number of terminal acetylenes is 1. The van der Waals surface area contributed by atoms with Crippen LogP contribution in [0.25, 0.3) is 0 Å². The summed E-state index contributed by atoms with van der Waals surface area (Å²) < 4.78 is 5.34. The third kappa shape index (κ3) is 6.02. The van der Waals surface area contributed by atoms with E-state index in [-0.39, 0.29) is 12.5 Å².